The predicted molar refractivity (Wildman–Crippen MR) is 98.3 cm³/mol. The summed E-state index contributed by atoms with van der Waals surface area (Å²) in [4.78, 5) is 0. The predicted octanol–water partition coefficient (Wildman–Crippen LogP) is 0.602. The minimum atomic E-state index is 0. The van der Waals surface area contributed by atoms with Gasteiger partial charge in [0.15, 0.2) is 0 Å². The fraction of sp³-hybridized carbons (Fsp3) is 0.409. The second kappa shape index (κ2) is 10.5. The number of hydrogen-bond donors (Lipinski definition) is 0. The Hall–Kier alpha value is 0.153. The van der Waals surface area contributed by atoms with Crippen molar-refractivity contribution in [1.29, 1.82) is 0 Å². The van der Waals surface area contributed by atoms with Gasteiger partial charge in [0.25, 0.3) is 0 Å². The number of aryl methyl sites for hydroxylation is 3. The van der Waals surface area contributed by atoms with Crippen LogP contribution in [0.5, 0.6) is 0 Å². The van der Waals surface area contributed by atoms with Gasteiger partial charge in [0.2, 0.25) is 0 Å². The standard InChI is InChI=1S/C12H13.C10H15.2BrH.Zr/c1-8-6-11-9(2)4-5-10(3)12(11)7-8;1-7-6-10(4,5)9(3)8(7)2;;;/h4-7H,1-3H3;1-5H3;2*1H;/q2*-1;;;+4/p-2. The SMILES string of the molecule is CC1=[C-]C(C)(C)C(C)=C1C.Cc1cc2c(C)ccc(C)c2[cH-]1.[Br-].[Br-].[Zr+4]. The van der Waals surface area contributed by atoms with Crippen LogP contribution in [-0.2, 0) is 26.2 Å². The summed E-state index contributed by atoms with van der Waals surface area (Å²) in [7, 11) is 0. The molecule has 25 heavy (non-hydrogen) atoms. The summed E-state index contributed by atoms with van der Waals surface area (Å²) >= 11 is 0. The molecule has 0 nitrogen and oxygen atoms in total. The van der Waals surface area contributed by atoms with E-state index in [0.29, 0.717) is 0 Å². The minimum Gasteiger partial charge on any atom is -1.00 e. The zero-order valence-corrected chi connectivity index (χ0v) is 22.2. The van der Waals surface area contributed by atoms with E-state index in [1.165, 1.54) is 44.2 Å². The van der Waals surface area contributed by atoms with Gasteiger partial charge < -0.3 is 34.0 Å². The van der Waals surface area contributed by atoms with Crippen LogP contribution in [0.2, 0.25) is 0 Å². The molecule has 134 valence electrons. The Kier molecular flexibility index (Phi) is 11.5. The molecule has 2 aromatic carbocycles. The third-order valence-corrected chi connectivity index (χ3v) is 5.03. The van der Waals surface area contributed by atoms with Crippen molar-refractivity contribution in [3.63, 3.8) is 0 Å². The molecular weight excluding hydrogens is 515 g/mol. The summed E-state index contributed by atoms with van der Waals surface area (Å²) in [6, 6.07) is 8.91. The third-order valence-electron chi connectivity index (χ3n) is 5.03. The van der Waals surface area contributed by atoms with Crippen molar-refractivity contribution in [2.24, 2.45) is 5.41 Å². The summed E-state index contributed by atoms with van der Waals surface area (Å²) in [6.07, 6.45) is 3.44. The molecule has 1 aliphatic rings. The first-order valence-corrected chi connectivity index (χ1v) is 8.07. The van der Waals surface area contributed by atoms with E-state index in [2.05, 4.69) is 85.7 Å². The van der Waals surface area contributed by atoms with Crippen LogP contribution < -0.4 is 34.0 Å². The van der Waals surface area contributed by atoms with Gasteiger partial charge in [0, 0.05) is 0 Å². The Morgan fingerprint density at radius 2 is 1.40 bits per heavy atom. The molecule has 0 aromatic heterocycles. The van der Waals surface area contributed by atoms with Gasteiger partial charge in [-0.15, -0.1) is 41.0 Å². The van der Waals surface area contributed by atoms with Crippen LogP contribution >= 0.6 is 0 Å². The first kappa shape index (κ1) is 27.4. The molecule has 3 rings (SSSR count). The number of allylic oxidation sites excluding steroid dienone is 4. The molecule has 0 heterocycles. The van der Waals surface area contributed by atoms with E-state index in [-0.39, 0.29) is 65.6 Å². The molecule has 0 bridgehead atoms. The monoisotopic (exact) mass is 540 g/mol. The Bertz CT molecular complexity index is 738. The van der Waals surface area contributed by atoms with Crippen LogP contribution in [0.1, 0.15) is 51.3 Å². The van der Waals surface area contributed by atoms with Gasteiger partial charge in [0.05, 0.1) is 0 Å². The van der Waals surface area contributed by atoms with Crippen LogP contribution in [0.15, 0.2) is 41.0 Å². The fourth-order valence-electron chi connectivity index (χ4n) is 3.14. The van der Waals surface area contributed by atoms with E-state index < -0.39 is 0 Å². The number of rotatable bonds is 0. The van der Waals surface area contributed by atoms with E-state index in [1.54, 1.807) is 0 Å². The van der Waals surface area contributed by atoms with Crippen molar-refractivity contribution in [3.05, 3.63) is 63.8 Å². The summed E-state index contributed by atoms with van der Waals surface area (Å²) in [5.74, 6) is 0. The topological polar surface area (TPSA) is 0 Å². The van der Waals surface area contributed by atoms with Crippen molar-refractivity contribution in [3.8, 4) is 0 Å². The first-order valence-electron chi connectivity index (χ1n) is 8.07. The van der Waals surface area contributed by atoms with Gasteiger partial charge >= 0.3 is 26.2 Å². The molecule has 0 spiro atoms. The molecule has 0 fully saturated rings. The van der Waals surface area contributed by atoms with Crippen LogP contribution in [0, 0.1) is 32.3 Å². The zero-order valence-electron chi connectivity index (χ0n) is 16.6. The van der Waals surface area contributed by atoms with E-state index in [0.717, 1.165) is 0 Å². The molecule has 3 heteroatoms. The zero-order chi connectivity index (χ0) is 16.7. The molecular formula is C22H28Br2Zr. The van der Waals surface area contributed by atoms with Crippen LogP contribution in [0.25, 0.3) is 10.8 Å². The van der Waals surface area contributed by atoms with Crippen molar-refractivity contribution in [2.75, 3.05) is 0 Å². The Morgan fingerprint density at radius 3 is 1.76 bits per heavy atom. The van der Waals surface area contributed by atoms with Gasteiger partial charge in [-0.3, -0.25) is 6.08 Å². The molecule has 1 aliphatic carbocycles. The van der Waals surface area contributed by atoms with Crippen LogP contribution in [-0.4, -0.2) is 0 Å². The normalized spacial score (nSPS) is 14.6. The average molecular weight is 543 g/mol. The summed E-state index contributed by atoms with van der Waals surface area (Å²) < 4.78 is 0. The first-order chi connectivity index (χ1) is 10.1. The van der Waals surface area contributed by atoms with Crippen LogP contribution in [0.4, 0.5) is 0 Å². The van der Waals surface area contributed by atoms with Gasteiger partial charge in [0.1, 0.15) is 0 Å². The molecule has 0 N–H and O–H groups in total. The van der Waals surface area contributed by atoms with E-state index in [4.69, 9.17) is 0 Å². The maximum Gasteiger partial charge on any atom is 4.00 e. The van der Waals surface area contributed by atoms with E-state index >= 15 is 0 Å². The number of hydrogen-bond acceptors (Lipinski definition) is 0. The van der Waals surface area contributed by atoms with Gasteiger partial charge in [-0.1, -0.05) is 58.6 Å². The largest absolute Gasteiger partial charge is 4.00 e. The van der Waals surface area contributed by atoms with E-state index in [9.17, 15) is 0 Å². The molecule has 0 saturated heterocycles. The molecule has 0 unspecified atom stereocenters. The van der Waals surface area contributed by atoms with Crippen LogP contribution in [0.3, 0.4) is 0 Å². The second-order valence-corrected chi connectivity index (χ2v) is 7.18. The third kappa shape index (κ3) is 6.08. The average Bonchev–Trinajstić information content (AvgIpc) is 2.91. The molecule has 0 aliphatic heterocycles. The summed E-state index contributed by atoms with van der Waals surface area (Å²) in [5, 5.41) is 2.82. The van der Waals surface area contributed by atoms with Crippen molar-refractivity contribution in [1.82, 2.24) is 0 Å². The fourth-order valence-corrected chi connectivity index (χ4v) is 3.14. The number of benzene rings is 1. The minimum absolute atomic E-state index is 0. The summed E-state index contributed by atoms with van der Waals surface area (Å²) in [5.41, 5.74) is 8.51. The second-order valence-electron chi connectivity index (χ2n) is 7.18. The van der Waals surface area contributed by atoms with Crippen molar-refractivity contribution >= 4 is 10.8 Å². The van der Waals surface area contributed by atoms with E-state index in [1.807, 2.05) is 0 Å². The Balaban J connectivity index is 0. The van der Waals surface area contributed by atoms with Gasteiger partial charge in [-0.25, -0.2) is 5.57 Å². The smallest absolute Gasteiger partial charge is 1.00 e. The maximum atomic E-state index is 3.44. The molecule has 0 atom stereocenters. The van der Waals surface area contributed by atoms with Gasteiger partial charge in [-0.2, -0.15) is 17.2 Å². The van der Waals surface area contributed by atoms with Gasteiger partial charge in [-0.05, 0) is 6.92 Å². The number of fused-ring (bicyclic) bond motifs is 1. The molecule has 0 amide bonds. The quantitative estimate of drug-likeness (QED) is 0.428. The molecule has 0 saturated carbocycles. The van der Waals surface area contributed by atoms with Crippen molar-refractivity contribution in [2.45, 2.75) is 55.4 Å². The molecule has 0 radical (unpaired) electrons. The Labute approximate surface area is 194 Å². The Morgan fingerprint density at radius 1 is 0.880 bits per heavy atom. The summed E-state index contributed by atoms with van der Waals surface area (Å²) in [6.45, 7) is 17.4. The maximum absolute atomic E-state index is 3.44. The number of halogens is 2. The van der Waals surface area contributed by atoms with Crippen molar-refractivity contribution < 1.29 is 60.2 Å². The molecule has 2 aromatic rings.